The van der Waals surface area contributed by atoms with Gasteiger partial charge in [0.1, 0.15) is 0 Å². The molecule has 2 bridgehead atoms. The second-order valence-electron chi connectivity index (χ2n) is 14.8. The third kappa shape index (κ3) is 6.51. The summed E-state index contributed by atoms with van der Waals surface area (Å²) in [7, 11) is -0.692. The number of nitrogens with zero attached hydrogens (tertiary/aromatic N) is 4. The highest BCUT2D eigenvalue weighted by Crippen LogP contribution is 2.44. The van der Waals surface area contributed by atoms with E-state index in [1.54, 1.807) is 46.4 Å². The van der Waals surface area contributed by atoms with Gasteiger partial charge in [-0.15, -0.1) is 0 Å². The van der Waals surface area contributed by atoms with Gasteiger partial charge >= 0.3 is 0 Å². The van der Waals surface area contributed by atoms with Crippen LogP contribution in [-0.2, 0) is 20.0 Å². The zero-order valence-corrected chi connectivity index (χ0v) is 32.2. The highest BCUT2D eigenvalue weighted by atomic mass is 32.2. The largest absolute Gasteiger partial charge is 0.371 e. The molecule has 12 heteroatoms. The number of benzene rings is 4. The first-order chi connectivity index (χ1) is 25.4. The summed E-state index contributed by atoms with van der Waals surface area (Å²) in [5.41, 5.74) is 8.13. The van der Waals surface area contributed by atoms with Crippen molar-refractivity contribution in [2.24, 2.45) is 5.92 Å². The molecule has 2 unspecified atom stereocenters. The van der Waals surface area contributed by atoms with Gasteiger partial charge in [0.2, 0.25) is 20.0 Å². The minimum absolute atomic E-state index is 0. The van der Waals surface area contributed by atoms with E-state index in [4.69, 9.17) is 0 Å². The predicted octanol–water partition coefficient (Wildman–Crippen LogP) is 7.86. The maximum atomic E-state index is 12.7. The van der Waals surface area contributed by atoms with Crippen LogP contribution in [0.5, 0.6) is 0 Å². The number of fused-ring (bicyclic) bond motifs is 4. The Morgan fingerprint density at radius 2 is 1.15 bits per heavy atom. The molecule has 0 amide bonds. The molecule has 0 spiro atoms. The summed E-state index contributed by atoms with van der Waals surface area (Å²) in [5, 5.41) is 2.25. The quantitative estimate of drug-likeness (QED) is 0.164. The van der Waals surface area contributed by atoms with Gasteiger partial charge in [0.15, 0.2) is 0 Å². The summed E-state index contributed by atoms with van der Waals surface area (Å²) in [4.78, 5) is 12.3. The number of hydrogen-bond donors (Lipinski definition) is 2. The molecule has 3 aliphatic rings. The summed E-state index contributed by atoms with van der Waals surface area (Å²) in [6, 6.07) is 32.0. The molecule has 2 N–H and O–H groups in total. The lowest BCUT2D eigenvalue weighted by molar-refractivity contribution is 0.519. The van der Waals surface area contributed by atoms with Crippen LogP contribution in [0.4, 0.5) is 11.4 Å². The molecule has 1 aliphatic carbocycles. The lowest BCUT2D eigenvalue weighted by Crippen LogP contribution is -2.37. The standard InChI is InChI=1S/C22H25N3O2S.C19H21N3O2S.2H2/c1-24(2)28(26,27)18-9-10-22(25-14-15-7-8-17(25)11-15)19(13-18)21-12-16-5-3-4-6-20(16)23-21;1-21(2)25(23,24)15-8-9-19(22-10-5-11-22)16(13-15)18-12-14-6-3-4-7-17(14)20-18;;/h3-6,9-10,12-13,15,17,23H,7-8,11,14H2,1-2H3;3-4,6-9,12-13,20H,5,10-11H2,1-2H3;2*1H. The Balaban J connectivity index is 0.000000182. The van der Waals surface area contributed by atoms with Gasteiger partial charge in [-0.25, -0.2) is 25.4 Å². The lowest BCUT2D eigenvalue weighted by atomic mass is 10.0. The number of aromatic nitrogens is 2. The van der Waals surface area contributed by atoms with Crippen LogP contribution in [0.15, 0.2) is 107 Å². The fraction of sp³-hybridized carbons (Fsp3) is 0.317. The van der Waals surface area contributed by atoms with Crippen LogP contribution in [0.2, 0.25) is 0 Å². The van der Waals surface area contributed by atoms with E-state index >= 15 is 0 Å². The van der Waals surface area contributed by atoms with Crippen LogP contribution in [0.3, 0.4) is 0 Å². The summed E-state index contributed by atoms with van der Waals surface area (Å²) < 4.78 is 53.1. The molecule has 4 heterocycles. The third-order valence-electron chi connectivity index (χ3n) is 11.0. The number of hydrogen-bond acceptors (Lipinski definition) is 6. The molecule has 10 nitrogen and oxygen atoms in total. The molecule has 4 aromatic carbocycles. The van der Waals surface area contributed by atoms with E-state index in [9.17, 15) is 16.8 Å². The first-order valence-corrected chi connectivity index (χ1v) is 21.1. The first kappa shape index (κ1) is 35.4. The fourth-order valence-corrected chi connectivity index (χ4v) is 9.80. The molecule has 0 radical (unpaired) electrons. The number of piperidine rings is 1. The number of para-hydroxylation sites is 2. The van der Waals surface area contributed by atoms with Gasteiger partial charge in [-0.3, -0.25) is 0 Å². The van der Waals surface area contributed by atoms with Gasteiger partial charge in [0.05, 0.1) is 9.79 Å². The summed E-state index contributed by atoms with van der Waals surface area (Å²) in [6.45, 7) is 3.08. The van der Waals surface area contributed by atoms with Crippen LogP contribution in [-0.4, -0.2) is 89.3 Å². The van der Waals surface area contributed by atoms with Crippen molar-refractivity contribution in [1.82, 2.24) is 18.6 Å². The van der Waals surface area contributed by atoms with Crippen molar-refractivity contribution in [3.8, 4) is 22.5 Å². The Labute approximate surface area is 315 Å². The van der Waals surface area contributed by atoms with Crippen LogP contribution in [0, 0.1) is 5.92 Å². The Bertz CT molecular complexity index is 2480. The number of aromatic amines is 2. The number of rotatable bonds is 8. The molecular weight excluding hydrogens is 705 g/mol. The average Bonchev–Trinajstić information content (AvgIpc) is 3.94. The van der Waals surface area contributed by atoms with E-state index in [-0.39, 0.29) is 2.85 Å². The minimum atomic E-state index is -3.49. The molecule has 3 fully saturated rings. The predicted molar refractivity (Wildman–Crippen MR) is 219 cm³/mol. The monoisotopic (exact) mass is 754 g/mol. The number of anilines is 2. The summed E-state index contributed by atoms with van der Waals surface area (Å²) in [6.07, 6.45) is 4.97. The minimum Gasteiger partial charge on any atom is -0.371 e. The smallest absolute Gasteiger partial charge is 0.242 e. The molecule has 2 atom stereocenters. The van der Waals surface area contributed by atoms with E-state index in [0.717, 1.165) is 81.2 Å². The molecule has 2 aliphatic heterocycles. The highest BCUT2D eigenvalue weighted by molar-refractivity contribution is 7.89. The molecule has 2 aromatic heterocycles. The molecular formula is C41H50N6O4S2. The van der Waals surface area contributed by atoms with E-state index in [0.29, 0.717) is 15.8 Å². The van der Waals surface area contributed by atoms with E-state index in [1.165, 1.54) is 34.3 Å². The van der Waals surface area contributed by atoms with E-state index in [2.05, 4.69) is 50.1 Å². The Morgan fingerprint density at radius 3 is 1.58 bits per heavy atom. The highest BCUT2D eigenvalue weighted by Gasteiger charge is 2.39. The molecule has 6 aromatic rings. The molecule has 280 valence electrons. The fourth-order valence-electron chi connectivity index (χ4n) is 7.94. The molecule has 2 saturated heterocycles. The second-order valence-corrected chi connectivity index (χ2v) is 19.1. The maximum Gasteiger partial charge on any atom is 0.242 e. The average molecular weight is 755 g/mol. The number of H-pyrrole nitrogens is 2. The summed E-state index contributed by atoms with van der Waals surface area (Å²) in [5.74, 6) is 0.769. The number of sulfonamides is 2. The van der Waals surface area contributed by atoms with E-state index in [1.807, 2.05) is 48.5 Å². The van der Waals surface area contributed by atoms with Crippen molar-refractivity contribution in [1.29, 1.82) is 0 Å². The lowest BCUT2D eigenvalue weighted by Gasteiger charge is -2.35. The van der Waals surface area contributed by atoms with Gasteiger partial charge in [-0.05, 0) is 92.3 Å². The van der Waals surface area contributed by atoms with Gasteiger partial charge in [0, 0.05) is 112 Å². The topological polar surface area (TPSA) is 113 Å². The van der Waals surface area contributed by atoms with Crippen molar-refractivity contribution in [2.75, 3.05) is 57.6 Å². The zero-order valence-electron chi connectivity index (χ0n) is 30.6. The Morgan fingerprint density at radius 1 is 0.642 bits per heavy atom. The maximum absolute atomic E-state index is 12.7. The normalized spacial score (nSPS) is 18.6. The molecule has 53 heavy (non-hydrogen) atoms. The first-order valence-electron chi connectivity index (χ1n) is 18.2. The zero-order chi connectivity index (χ0) is 37.1. The van der Waals surface area contributed by atoms with Crippen molar-refractivity contribution >= 4 is 53.2 Å². The van der Waals surface area contributed by atoms with Crippen molar-refractivity contribution in [3.63, 3.8) is 0 Å². The van der Waals surface area contributed by atoms with E-state index < -0.39 is 20.0 Å². The van der Waals surface area contributed by atoms with Gasteiger partial charge in [0.25, 0.3) is 0 Å². The number of nitrogens with one attached hydrogen (secondary N) is 2. The van der Waals surface area contributed by atoms with Crippen molar-refractivity contribution < 1.29 is 19.7 Å². The van der Waals surface area contributed by atoms with Crippen LogP contribution >= 0.6 is 0 Å². The van der Waals surface area contributed by atoms with Crippen LogP contribution in [0.1, 0.15) is 28.5 Å². The summed E-state index contributed by atoms with van der Waals surface area (Å²) >= 11 is 0. The van der Waals surface area contributed by atoms with Crippen molar-refractivity contribution in [3.05, 3.63) is 97.1 Å². The van der Waals surface area contributed by atoms with Gasteiger partial charge < -0.3 is 19.8 Å². The SMILES string of the molecule is CN(C)S(=O)(=O)c1ccc(N2CC3CCC2C3)c(-c2cc3ccccc3[nH]2)c1.CN(C)S(=O)(=O)c1ccc(N2CCC2)c(-c2cc3ccccc3[nH]2)c1.[HH].[HH]. The Hall–Kier alpha value is -4.62. The second kappa shape index (κ2) is 13.7. The van der Waals surface area contributed by atoms with Crippen LogP contribution < -0.4 is 9.80 Å². The van der Waals surface area contributed by atoms with Gasteiger partial charge in [-0.2, -0.15) is 0 Å². The third-order valence-corrected chi connectivity index (χ3v) is 14.7. The Kier molecular flexibility index (Phi) is 9.13. The molecule has 1 saturated carbocycles. The van der Waals surface area contributed by atoms with Crippen molar-refractivity contribution in [2.45, 2.75) is 41.5 Å². The molecule has 9 rings (SSSR count). The van der Waals surface area contributed by atoms with Crippen LogP contribution in [0.25, 0.3) is 44.3 Å². The van der Waals surface area contributed by atoms with Gasteiger partial charge in [-0.1, -0.05) is 36.4 Å².